The second kappa shape index (κ2) is 6.52. The Morgan fingerprint density at radius 1 is 1.00 bits per heavy atom. The summed E-state index contributed by atoms with van der Waals surface area (Å²) in [4.78, 5) is 25.1. The number of carbonyl (C=O) groups excluding carboxylic acids is 2. The van der Waals surface area contributed by atoms with Gasteiger partial charge in [0.15, 0.2) is 5.76 Å². The molecule has 0 radical (unpaired) electrons. The smallest absolute Gasteiger partial charge is 0.223 e. The van der Waals surface area contributed by atoms with Gasteiger partial charge in [0.2, 0.25) is 11.7 Å². The molecule has 3 saturated carbocycles. The number of aliphatic hydroxyl groups is 1. The third kappa shape index (κ3) is 2.64. The van der Waals surface area contributed by atoms with Crippen molar-refractivity contribution >= 4 is 11.7 Å². The first kappa shape index (κ1) is 22.7. The number of hydrogen-bond acceptors (Lipinski definition) is 3. The fourth-order valence-electron chi connectivity index (χ4n) is 8.68. The van der Waals surface area contributed by atoms with Crippen molar-refractivity contribution in [1.29, 1.82) is 0 Å². The van der Waals surface area contributed by atoms with Gasteiger partial charge in [-0.2, -0.15) is 0 Å². The first-order chi connectivity index (χ1) is 15.2. The number of ketones is 1. The van der Waals surface area contributed by atoms with E-state index in [9.17, 15) is 14.7 Å². The van der Waals surface area contributed by atoms with Crippen molar-refractivity contribution in [3.63, 3.8) is 0 Å². The molecule has 3 fully saturated rings. The molecule has 5 aliphatic carbocycles. The van der Waals surface area contributed by atoms with E-state index in [1.807, 2.05) is 6.92 Å². The molecule has 5 rings (SSSR count). The summed E-state index contributed by atoms with van der Waals surface area (Å²) in [6.07, 6.45) is 13.2. The second-order valence-corrected chi connectivity index (χ2v) is 13.0. The molecule has 0 aromatic heterocycles. The topological polar surface area (TPSA) is 80.4 Å². The highest BCUT2D eigenvalue weighted by atomic mass is 16.3. The standard InChI is InChI=1S/C29H39NO3/c1-17-18-7-8-21-27(4,19(18)15-20(31)23(17)32)12-14-29(6)22-16-26(3,24(30)33)10-9-25(22,2)11-13-28(21,29)5/h7-8,15,22,32H,9-14,16H2,1-6H3,(H2,30,33). The Balaban J connectivity index is 1.64. The number of amides is 1. The molecule has 5 aliphatic rings. The highest BCUT2D eigenvalue weighted by Gasteiger charge is 2.67. The molecule has 0 aliphatic heterocycles. The van der Waals surface area contributed by atoms with E-state index in [1.54, 1.807) is 6.08 Å². The fraction of sp³-hybridized carbons (Fsp3) is 0.655. The number of nitrogens with two attached hydrogens (primary N) is 1. The maximum absolute atomic E-state index is 12.6. The lowest BCUT2D eigenvalue weighted by Crippen LogP contribution is -2.62. The van der Waals surface area contributed by atoms with E-state index in [2.05, 4.69) is 46.8 Å². The zero-order valence-corrected chi connectivity index (χ0v) is 21.1. The summed E-state index contributed by atoms with van der Waals surface area (Å²) >= 11 is 0. The molecule has 178 valence electrons. The van der Waals surface area contributed by atoms with Crippen molar-refractivity contribution in [2.24, 2.45) is 38.7 Å². The fourth-order valence-corrected chi connectivity index (χ4v) is 8.68. The molecule has 4 nitrogen and oxygen atoms in total. The van der Waals surface area contributed by atoms with Gasteiger partial charge in [0.25, 0.3) is 0 Å². The zero-order chi connectivity index (χ0) is 24.2. The lowest BCUT2D eigenvalue weighted by molar-refractivity contribution is -0.167. The van der Waals surface area contributed by atoms with Crippen LogP contribution in [0.1, 0.15) is 86.5 Å². The van der Waals surface area contributed by atoms with E-state index >= 15 is 0 Å². The quantitative estimate of drug-likeness (QED) is 0.508. The molecule has 3 N–H and O–H groups in total. The maximum Gasteiger partial charge on any atom is 0.223 e. The zero-order valence-electron chi connectivity index (χ0n) is 21.1. The number of rotatable bonds is 1. The van der Waals surface area contributed by atoms with Gasteiger partial charge in [-0.3, -0.25) is 9.59 Å². The van der Waals surface area contributed by atoms with E-state index in [0.717, 1.165) is 56.1 Å². The van der Waals surface area contributed by atoms with Crippen LogP contribution in [-0.4, -0.2) is 16.8 Å². The molecule has 0 aromatic carbocycles. The van der Waals surface area contributed by atoms with Crippen molar-refractivity contribution in [3.8, 4) is 0 Å². The van der Waals surface area contributed by atoms with Gasteiger partial charge in [-0.25, -0.2) is 0 Å². The van der Waals surface area contributed by atoms with Gasteiger partial charge in [-0.05, 0) is 91.3 Å². The molecule has 33 heavy (non-hydrogen) atoms. The largest absolute Gasteiger partial charge is 0.504 e. The summed E-state index contributed by atoms with van der Waals surface area (Å²) < 4.78 is 0. The van der Waals surface area contributed by atoms with Crippen molar-refractivity contribution in [2.45, 2.75) is 86.5 Å². The summed E-state index contributed by atoms with van der Waals surface area (Å²) in [7, 11) is 0. The normalized spacial score (nSPS) is 46.8. The van der Waals surface area contributed by atoms with Crippen LogP contribution in [-0.2, 0) is 9.59 Å². The molecule has 0 spiro atoms. The summed E-state index contributed by atoms with van der Waals surface area (Å²) in [5.41, 5.74) is 9.73. The van der Waals surface area contributed by atoms with Gasteiger partial charge in [-0.1, -0.05) is 52.3 Å². The number of hydrogen-bond donors (Lipinski definition) is 2. The predicted molar refractivity (Wildman–Crippen MR) is 130 cm³/mol. The van der Waals surface area contributed by atoms with Crippen LogP contribution < -0.4 is 5.73 Å². The van der Waals surface area contributed by atoms with Crippen LogP contribution in [0.5, 0.6) is 0 Å². The van der Waals surface area contributed by atoms with Crippen LogP contribution >= 0.6 is 0 Å². The number of aliphatic hydroxyl groups excluding tert-OH is 1. The molecule has 4 heteroatoms. The van der Waals surface area contributed by atoms with Crippen LogP contribution in [0.4, 0.5) is 0 Å². The molecular formula is C29H39NO3. The predicted octanol–water partition coefficient (Wildman–Crippen LogP) is 6.10. The first-order valence-corrected chi connectivity index (χ1v) is 12.6. The van der Waals surface area contributed by atoms with E-state index in [4.69, 9.17) is 5.73 Å². The van der Waals surface area contributed by atoms with E-state index < -0.39 is 5.41 Å². The minimum Gasteiger partial charge on any atom is -0.504 e. The second-order valence-electron chi connectivity index (χ2n) is 13.0. The summed E-state index contributed by atoms with van der Waals surface area (Å²) in [5.74, 6) is -0.128. The van der Waals surface area contributed by atoms with Gasteiger partial charge in [-0.15, -0.1) is 0 Å². The van der Waals surface area contributed by atoms with Gasteiger partial charge in [0.1, 0.15) is 0 Å². The van der Waals surface area contributed by atoms with Crippen molar-refractivity contribution in [3.05, 3.63) is 46.3 Å². The lowest BCUT2D eigenvalue weighted by atomic mass is 9.34. The molecule has 6 atom stereocenters. The Bertz CT molecular complexity index is 1110. The highest BCUT2D eigenvalue weighted by molar-refractivity contribution is 6.06. The van der Waals surface area contributed by atoms with Crippen LogP contribution in [0.2, 0.25) is 0 Å². The number of allylic oxidation sites excluding steroid dienone is 7. The maximum atomic E-state index is 12.6. The van der Waals surface area contributed by atoms with Gasteiger partial charge in [0, 0.05) is 16.4 Å². The number of carbonyl (C=O) groups is 2. The molecule has 0 saturated heterocycles. The average molecular weight is 450 g/mol. The molecule has 6 unspecified atom stereocenters. The van der Waals surface area contributed by atoms with Gasteiger partial charge >= 0.3 is 0 Å². The van der Waals surface area contributed by atoms with Crippen LogP contribution in [0.15, 0.2) is 46.3 Å². The Hall–Kier alpha value is -2.10. The van der Waals surface area contributed by atoms with Crippen LogP contribution in [0.25, 0.3) is 0 Å². The van der Waals surface area contributed by atoms with E-state index in [0.29, 0.717) is 11.5 Å². The Morgan fingerprint density at radius 3 is 2.33 bits per heavy atom. The summed E-state index contributed by atoms with van der Waals surface area (Å²) in [5, 5.41) is 10.3. The Labute approximate surface area is 198 Å². The monoisotopic (exact) mass is 449 g/mol. The van der Waals surface area contributed by atoms with E-state index in [-0.39, 0.29) is 39.1 Å². The molecule has 1 amide bonds. The molecule has 0 bridgehead atoms. The molecular weight excluding hydrogens is 410 g/mol. The van der Waals surface area contributed by atoms with Crippen molar-refractivity contribution in [1.82, 2.24) is 0 Å². The molecule has 0 heterocycles. The lowest BCUT2D eigenvalue weighted by Gasteiger charge is -2.70. The SMILES string of the molecule is CC1=C(O)C(=O)C=C2C1=CC=C1C2(C)CCC2(C)C3CC(C)(C(N)=O)CCC3(C)CCC12C. The minimum atomic E-state index is -0.433. The minimum absolute atomic E-state index is 0.0247. The van der Waals surface area contributed by atoms with Crippen molar-refractivity contribution in [2.75, 3.05) is 0 Å². The summed E-state index contributed by atoms with van der Waals surface area (Å²) in [6.45, 7) is 13.6. The number of primary amides is 1. The Kier molecular flexibility index (Phi) is 4.48. The van der Waals surface area contributed by atoms with E-state index in [1.165, 1.54) is 5.57 Å². The average Bonchev–Trinajstić information content (AvgIpc) is 2.75. The van der Waals surface area contributed by atoms with Crippen LogP contribution in [0.3, 0.4) is 0 Å². The van der Waals surface area contributed by atoms with Crippen LogP contribution in [0, 0.1) is 33.0 Å². The third-order valence-electron chi connectivity index (χ3n) is 11.5. The number of fused-ring (bicyclic) bond motifs is 7. The van der Waals surface area contributed by atoms with Crippen molar-refractivity contribution < 1.29 is 14.7 Å². The first-order valence-electron chi connectivity index (χ1n) is 12.6. The Morgan fingerprint density at radius 2 is 1.67 bits per heavy atom. The van der Waals surface area contributed by atoms with Gasteiger partial charge in [0.05, 0.1) is 0 Å². The molecule has 0 aromatic rings. The third-order valence-corrected chi connectivity index (χ3v) is 11.5. The van der Waals surface area contributed by atoms with Gasteiger partial charge < -0.3 is 10.8 Å². The highest BCUT2D eigenvalue weighted by Crippen LogP contribution is 2.75. The summed E-state index contributed by atoms with van der Waals surface area (Å²) in [6, 6.07) is 0.